The number of nitrogens with zero attached hydrogens (tertiary/aromatic N) is 1. The maximum atomic E-state index is 11.6. The summed E-state index contributed by atoms with van der Waals surface area (Å²) in [5.41, 5.74) is 0.957. The van der Waals surface area contributed by atoms with Crippen molar-refractivity contribution in [3.05, 3.63) is 11.6 Å². The molecule has 2 atom stereocenters. The Labute approximate surface area is 148 Å². The molecule has 0 N–H and O–H groups in total. The van der Waals surface area contributed by atoms with Gasteiger partial charge in [0.15, 0.2) is 0 Å². The van der Waals surface area contributed by atoms with Gasteiger partial charge in [-0.3, -0.25) is 6.08 Å². The molecule has 0 spiro atoms. The summed E-state index contributed by atoms with van der Waals surface area (Å²) in [6.45, 7) is 1.93. The largest absolute Gasteiger partial charge is 0.406 e. The predicted molar refractivity (Wildman–Crippen MR) is 51.2 cm³/mol. The number of Topliss-reactive ketones (excluding diaryl/α,β-unsaturated/α-hetero) is 1. The Morgan fingerprint density at radius 1 is 1.50 bits per heavy atom. The predicted octanol–water partition coefficient (Wildman–Crippen LogP) is 1.56. The van der Waals surface area contributed by atoms with Crippen molar-refractivity contribution in [2.45, 2.75) is 44.7 Å². The molecule has 0 amide bonds. The molecule has 2 rings (SSSR count). The summed E-state index contributed by atoms with van der Waals surface area (Å²) < 4.78 is 0. The quantitative estimate of drug-likeness (QED) is 0.423. The Morgan fingerprint density at radius 2 is 2.12 bits per heavy atom. The van der Waals surface area contributed by atoms with E-state index in [2.05, 4.69) is 18.0 Å². The minimum atomic E-state index is 0. The molecule has 87 valence electrons. The van der Waals surface area contributed by atoms with Gasteiger partial charge in [0.05, 0.1) is 0 Å². The summed E-state index contributed by atoms with van der Waals surface area (Å²) in [6, 6.07) is 1.03. The second kappa shape index (κ2) is 8.74. The van der Waals surface area contributed by atoms with Gasteiger partial charge in [-0.15, -0.1) is 0 Å². The Kier molecular flexibility index (Phi) is 10.9. The van der Waals surface area contributed by atoms with Crippen LogP contribution in [0.1, 0.15) is 32.6 Å². The molecule has 0 saturated carbocycles. The summed E-state index contributed by atoms with van der Waals surface area (Å²) in [5.74, 6) is 0.289. The average molecular weight is 651 g/mol. The van der Waals surface area contributed by atoms with Crippen LogP contribution in [0.2, 0.25) is 0 Å². The Morgan fingerprint density at radius 3 is 2.69 bits per heavy atom. The third kappa shape index (κ3) is 3.84. The van der Waals surface area contributed by atoms with Crippen LogP contribution in [0.25, 0.3) is 0 Å². The Hall–Kier alpha value is 1.69. The fraction of sp³-hybridized carbons (Fsp3) is 0.727. The van der Waals surface area contributed by atoms with E-state index >= 15 is 0 Å². The first-order valence-electron chi connectivity index (χ1n) is 5.10. The molecule has 2 unspecified atom stereocenters. The number of hydrogen-bond acceptors (Lipinski definition) is 2. The molecule has 2 bridgehead atoms. The molecule has 1 fully saturated rings. The van der Waals surface area contributed by atoms with Crippen LogP contribution < -0.4 is 0 Å². The molecule has 0 aromatic heterocycles. The average Bonchev–Trinajstić information content (AvgIpc) is 2.41. The number of fused-ring (bicyclic) bond motifs is 2. The van der Waals surface area contributed by atoms with Gasteiger partial charge in [0.1, 0.15) is 0 Å². The molecule has 16 heavy (non-hydrogen) atoms. The van der Waals surface area contributed by atoms with Crippen LogP contribution in [-0.2, 0) is 44.4 Å². The van der Waals surface area contributed by atoms with Crippen LogP contribution in [0.3, 0.4) is 0 Å². The molecule has 2 heterocycles. The molecular formula is C11H16NOUVW-. The van der Waals surface area contributed by atoms with E-state index in [1.54, 1.807) is 0 Å². The Balaban J connectivity index is 0. The molecule has 2 aliphatic heterocycles. The van der Waals surface area contributed by atoms with E-state index in [0.717, 1.165) is 18.4 Å². The maximum absolute atomic E-state index is 11.6. The standard InChI is InChI=1S/C11H16NO.U.V.W/c1-3-11(13)9-6-4-8-5-7-10(9)12(8)2;;;/h8,10H,3-5,7H2,1-2H3;;;/q-1;;;. The molecule has 1 radical (unpaired) electrons. The van der Waals surface area contributed by atoms with Gasteiger partial charge in [-0.05, 0) is 25.9 Å². The summed E-state index contributed by atoms with van der Waals surface area (Å²) >= 11 is 0. The second-order valence-corrected chi connectivity index (χ2v) is 3.98. The van der Waals surface area contributed by atoms with E-state index in [9.17, 15) is 4.79 Å². The number of ketones is 1. The zero-order chi connectivity index (χ0) is 9.42. The fourth-order valence-electron chi connectivity index (χ4n) is 2.43. The van der Waals surface area contributed by atoms with Crippen LogP contribution >= 0.6 is 0 Å². The molecule has 0 aliphatic carbocycles. The molecule has 2 aliphatic rings. The van der Waals surface area contributed by atoms with Gasteiger partial charge in [0.2, 0.25) is 0 Å². The summed E-state index contributed by atoms with van der Waals surface area (Å²) in [6.07, 6.45) is 7.24. The van der Waals surface area contributed by atoms with E-state index in [-0.39, 0.29) is 76.5 Å². The van der Waals surface area contributed by atoms with Crippen molar-refractivity contribution < 1.29 is 75.5 Å². The summed E-state index contributed by atoms with van der Waals surface area (Å²) in [7, 11) is 2.13. The molecule has 1 saturated heterocycles. The minimum absolute atomic E-state index is 0. The first kappa shape index (κ1) is 20.0. The summed E-state index contributed by atoms with van der Waals surface area (Å²) in [4.78, 5) is 13.9. The van der Waals surface area contributed by atoms with Crippen molar-refractivity contribution in [3.8, 4) is 0 Å². The normalized spacial score (nSPS) is 27.0. The second-order valence-electron chi connectivity index (χ2n) is 3.98. The topological polar surface area (TPSA) is 20.3 Å². The third-order valence-corrected chi connectivity index (χ3v) is 3.32. The van der Waals surface area contributed by atoms with Crippen LogP contribution in [-0.4, -0.2) is 29.8 Å². The van der Waals surface area contributed by atoms with Crippen molar-refractivity contribution >= 4 is 5.78 Å². The van der Waals surface area contributed by atoms with E-state index < -0.39 is 0 Å². The van der Waals surface area contributed by atoms with Gasteiger partial charge in [-0.2, -0.15) is 5.57 Å². The van der Waals surface area contributed by atoms with E-state index in [1.165, 1.54) is 6.42 Å². The Bertz CT molecular complexity index is 273. The van der Waals surface area contributed by atoms with Gasteiger partial charge in [-0.1, -0.05) is 19.8 Å². The number of carbonyl (C=O) groups excluding carboxylic acids is 1. The zero-order valence-electron chi connectivity index (χ0n) is 9.69. The summed E-state index contributed by atoms with van der Waals surface area (Å²) in [5, 5.41) is 0. The zero-order valence-corrected chi connectivity index (χ0v) is 18.2. The first-order valence-corrected chi connectivity index (χ1v) is 5.10. The number of hydrogen-bond donors (Lipinski definition) is 0. The van der Waals surface area contributed by atoms with E-state index in [4.69, 9.17) is 0 Å². The molecule has 2 nitrogen and oxygen atoms in total. The van der Waals surface area contributed by atoms with E-state index in [1.807, 2.05) is 6.92 Å². The monoisotopic (exact) mass is 651 g/mol. The van der Waals surface area contributed by atoms with E-state index in [0.29, 0.717) is 18.5 Å². The van der Waals surface area contributed by atoms with Crippen molar-refractivity contribution in [3.63, 3.8) is 0 Å². The fourth-order valence-corrected chi connectivity index (χ4v) is 2.43. The molecule has 5 heteroatoms. The number of rotatable bonds is 2. The van der Waals surface area contributed by atoms with Gasteiger partial charge in [0, 0.05) is 82.6 Å². The van der Waals surface area contributed by atoms with Crippen molar-refractivity contribution in [2.75, 3.05) is 7.05 Å². The van der Waals surface area contributed by atoms with Crippen LogP contribution in [0.15, 0.2) is 5.57 Å². The number of likely N-dealkylation sites (N-methyl/N-ethyl adjacent to an activating group) is 1. The first-order chi connectivity index (χ1) is 6.24. The number of carbonyl (C=O) groups is 1. The van der Waals surface area contributed by atoms with Crippen molar-refractivity contribution in [1.82, 2.24) is 4.90 Å². The van der Waals surface area contributed by atoms with Crippen LogP contribution in [0, 0.1) is 37.2 Å². The molecule has 0 aromatic rings. The van der Waals surface area contributed by atoms with Gasteiger partial charge in [0.25, 0.3) is 0 Å². The molecule has 0 aromatic carbocycles. The van der Waals surface area contributed by atoms with Crippen molar-refractivity contribution in [2.24, 2.45) is 0 Å². The van der Waals surface area contributed by atoms with Crippen molar-refractivity contribution in [1.29, 1.82) is 0 Å². The maximum Gasteiger partial charge on any atom is 0.00480 e. The van der Waals surface area contributed by atoms with Gasteiger partial charge in [-0.25, -0.2) is 0 Å². The SMILES string of the molecule is CCC(=O)C1=[C-]CC2CCC1N2C.[U].[V].[W]. The van der Waals surface area contributed by atoms with Crippen LogP contribution in [0.5, 0.6) is 0 Å². The van der Waals surface area contributed by atoms with Crippen LogP contribution in [0.4, 0.5) is 0 Å². The minimum Gasteiger partial charge on any atom is -0.406 e. The smallest absolute Gasteiger partial charge is 0.00480 e. The molecular weight excluding hydrogens is 635 g/mol. The third-order valence-electron chi connectivity index (χ3n) is 3.32. The van der Waals surface area contributed by atoms with Gasteiger partial charge >= 0.3 is 0 Å². The van der Waals surface area contributed by atoms with Gasteiger partial charge < -0.3 is 9.69 Å².